The molecule has 3 atom stereocenters. The van der Waals surface area contributed by atoms with Crippen molar-refractivity contribution in [3.63, 3.8) is 0 Å². The summed E-state index contributed by atoms with van der Waals surface area (Å²) in [7, 11) is 1.45. The van der Waals surface area contributed by atoms with E-state index in [1.54, 1.807) is 0 Å². The van der Waals surface area contributed by atoms with Gasteiger partial charge in [0.2, 0.25) is 0 Å². The molecule has 1 aliphatic rings. The third-order valence-electron chi connectivity index (χ3n) is 3.89. The van der Waals surface area contributed by atoms with Gasteiger partial charge in [0, 0.05) is 19.1 Å². The van der Waals surface area contributed by atoms with Crippen LogP contribution in [0.2, 0.25) is 0 Å². The molecule has 0 aromatic rings. The monoisotopic (exact) mass is 300 g/mol. The summed E-state index contributed by atoms with van der Waals surface area (Å²) in [5, 5.41) is 3.34. The lowest BCUT2D eigenvalue weighted by Gasteiger charge is -2.36. The minimum atomic E-state index is -0.605. The van der Waals surface area contributed by atoms with Gasteiger partial charge < -0.3 is 9.47 Å². The quantitative estimate of drug-likeness (QED) is 0.727. The fraction of sp³-hybridized carbons (Fsp3) is 0.938. The molecule has 3 unspecified atom stereocenters. The maximum atomic E-state index is 12.0. The molecule has 21 heavy (non-hydrogen) atoms. The molecule has 5 nitrogen and oxygen atoms in total. The zero-order chi connectivity index (χ0) is 16.0. The second-order valence-electron chi connectivity index (χ2n) is 6.74. The molecule has 0 radical (unpaired) electrons. The number of rotatable bonds is 7. The van der Waals surface area contributed by atoms with Crippen LogP contribution in [-0.2, 0) is 14.3 Å². The summed E-state index contributed by atoms with van der Waals surface area (Å²) < 4.78 is 10.7. The lowest BCUT2D eigenvalue weighted by Crippen LogP contribution is -2.53. The van der Waals surface area contributed by atoms with Gasteiger partial charge in [-0.15, -0.1) is 0 Å². The Morgan fingerprint density at radius 3 is 2.43 bits per heavy atom. The van der Waals surface area contributed by atoms with Crippen molar-refractivity contribution >= 4 is 5.97 Å². The predicted molar refractivity (Wildman–Crippen MR) is 84.4 cm³/mol. The van der Waals surface area contributed by atoms with Gasteiger partial charge in [-0.1, -0.05) is 0 Å². The number of ether oxygens (including phenoxy) is 2. The first-order chi connectivity index (χ1) is 9.76. The average Bonchev–Trinajstić information content (AvgIpc) is 2.35. The number of carbonyl (C=O) groups excluding carboxylic acids is 1. The lowest BCUT2D eigenvalue weighted by atomic mass is 9.94. The lowest BCUT2D eigenvalue weighted by molar-refractivity contribution is -0.148. The van der Waals surface area contributed by atoms with E-state index in [1.165, 1.54) is 7.11 Å². The molecular formula is C16H32N2O3. The summed E-state index contributed by atoms with van der Waals surface area (Å²) in [5.41, 5.74) is -0.605. The molecule has 0 aromatic carbocycles. The van der Waals surface area contributed by atoms with Crippen LogP contribution in [0.4, 0.5) is 0 Å². The van der Waals surface area contributed by atoms with Crippen molar-refractivity contribution in [3.8, 4) is 0 Å². The van der Waals surface area contributed by atoms with E-state index in [0.717, 1.165) is 32.5 Å². The van der Waals surface area contributed by atoms with E-state index >= 15 is 0 Å². The molecule has 1 N–H and O–H groups in total. The Labute approximate surface area is 129 Å². The zero-order valence-electron chi connectivity index (χ0n) is 14.4. The molecule has 0 saturated carbocycles. The van der Waals surface area contributed by atoms with Gasteiger partial charge in [0.15, 0.2) is 0 Å². The molecule has 1 fully saturated rings. The number of nitrogens with one attached hydrogen (secondary N) is 1. The molecule has 124 valence electrons. The van der Waals surface area contributed by atoms with Crippen molar-refractivity contribution in [2.45, 2.75) is 71.2 Å². The third-order valence-corrected chi connectivity index (χ3v) is 3.89. The number of esters is 1. The molecule has 5 heteroatoms. The molecule has 0 amide bonds. The summed E-state index contributed by atoms with van der Waals surface area (Å²) >= 11 is 0. The number of hydrogen-bond donors (Lipinski definition) is 1. The van der Waals surface area contributed by atoms with Crippen LogP contribution >= 0.6 is 0 Å². The average molecular weight is 300 g/mol. The number of carbonyl (C=O) groups is 1. The second-order valence-corrected chi connectivity index (χ2v) is 6.74. The second kappa shape index (κ2) is 8.11. The SMILES string of the molecule is COC(=O)C(C)(CCCN1CC(C)OC(C)C1)NC(C)C. The smallest absolute Gasteiger partial charge is 0.325 e. The van der Waals surface area contributed by atoms with Gasteiger partial charge in [-0.05, 0) is 54.0 Å². The summed E-state index contributed by atoms with van der Waals surface area (Å²) in [5.74, 6) is -0.181. The molecule has 0 aromatic heterocycles. The van der Waals surface area contributed by atoms with Crippen LogP contribution in [-0.4, -0.2) is 61.4 Å². The van der Waals surface area contributed by atoms with E-state index in [2.05, 4.69) is 24.1 Å². The molecule has 0 aliphatic carbocycles. The largest absolute Gasteiger partial charge is 0.468 e. The highest BCUT2D eigenvalue weighted by atomic mass is 16.5. The summed E-state index contributed by atoms with van der Waals surface area (Å²) in [6.07, 6.45) is 2.31. The van der Waals surface area contributed by atoms with Crippen LogP contribution in [0.5, 0.6) is 0 Å². The Hall–Kier alpha value is -0.650. The van der Waals surface area contributed by atoms with Gasteiger partial charge in [-0.3, -0.25) is 15.0 Å². The van der Waals surface area contributed by atoms with Crippen LogP contribution in [0.3, 0.4) is 0 Å². The maximum Gasteiger partial charge on any atom is 0.325 e. The number of hydrogen-bond acceptors (Lipinski definition) is 5. The summed E-state index contributed by atoms with van der Waals surface area (Å²) in [4.78, 5) is 14.5. The number of nitrogens with zero attached hydrogens (tertiary/aromatic N) is 1. The molecular weight excluding hydrogens is 268 g/mol. The summed E-state index contributed by atoms with van der Waals surface area (Å²) in [6.45, 7) is 13.2. The van der Waals surface area contributed by atoms with Gasteiger partial charge in [0.1, 0.15) is 5.54 Å². The Morgan fingerprint density at radius 1 is 1.38 bits per heavy atom. The van der Waals surface area contributed by atoms with Crippen LogP contribution in [0.25, 0.3) is 0 Å². The third kappa shape index (κ3) is 5.93. The van der Waals surface area contributed by atoms with E-state index in [4.69, 9.17) is 9.47 Å². The molecule has 0 spiro atoms. The van der Waals surface area contributed by atoms with E-state index < -0.39 is 5.54 Å². The van der Waals surface area contributed by atoms with E-state index in [1.807, 2.05) is 20.8 Å². The molecule has 1 heterocycles. The summed E-state index contributed by atoms with van der Waals surface area (Å²) in [6, 6.07) is 0.248. The fourth-order valence-corrected chi connectivity index (χ4v) is 3.22. The van der Waals surface area contributed by atoms with Crippen molar-refractivity contribution in [1.29, 1.82) is 0 Å². The number of methoxy groups -OCH3 is 1. The fourth-order valence-electron chi connectivity index (χ4n) is 3.22. The highest BCUT2D eigenvalue weighted by molar-refractivity contribution is 5.80. The molecule has 1 saturated heterocycles. The van der Waals surface area contributed by atoms with Gasteiger partial charge in [-0.25, -0.2) is 0 Å². The normalized spacial score (nSPS) is 26.6. The highest BCUT2D eigenvalue weighted by Gasteiger charge is 2.34. The van der Waals surface area contributed by atoms with Crippen molar-refractivity contribution in [1.82, 2.24) is 10.2 Å². The standard InChI is InChI=1S/C16H32N2O3/c1-12(2)17-16(5,15(19)20-6)8-7-9-18-10-13(3)21-14(4)11-18/h12-14,17H,7-11H2,1-6H3. The minimum absolute atomic E-state index is 0.181. The highest BCUT2D eigenvalue weighted by Crippen LogP contribution is 2.18. The Morgan fingerprint density at radius 2 is 1.95 bits per heavy atom. The van der Waals surface area contributed by atoms with Gasteiger partial charge >= 0.3 is 5.97 Å². The first kappa shape index (κ1) is 18.4. The Balaban J connectivity index is 2.48. The Bertz CT molecular complexity index is 325. The predicted octanol–water partition coefficient (Wildman–Crippen LogP) is 1.81. The van der Waals surface area contributed by atoms with E-state index in [0.29, 0.717) is 0 Å². The van der Waals surface area contributed by atoms with Crippen LogP contribution in [0.15, 0.2) is 0 Å². The van der Waals surface area contributed by atoms with Gasteiger partial charge in [0.25, 0.3) is 0 Å². The van der Waals surface area contributed by atoms with Gasteiger partial charge in [-0.2, -0.15) is 0 Å². The first-order valence-corrected chi connectivity index (χ1v) is 8.00. The van der Waals surface area contributed by atoms with Crippen molar-refractivity contribution in [2.24, 2.45) is 0 Å². The van der Waals surface area contributed by atoms with Gasteiger partial charge in [0.05, 0.1) is 19.3 Å². The minimum Gasteiger partial charge on any atom is -0.468 e. The van der Waals surface area contributed by atoms with E-state index in [9.17, 15) is 4.79 Å². The van der Waals surface area contributed by atoms with Crippen molar-refractivity contribution < 1.29 is 14.3 Å². The van der Waals surface area contributed by atoms with Crippen LogP contribution in [0.1, 0.15) is 47.5 Å². The topological polar surface area (TPSA) is 50.8 Å². The molecule has 1 aliphatic heterocycles. The van der Waals surface area contributed by atoms with Crippen LogP contribution < -0.4 is 5.32 Å². The van der Waals surface area contributed by atoms with E-state index in [-0.39, 0.29) is 24.2 Å². The van der Waals surface area contributed by atoms with Crippen LogP contribution in [0, 0.1) is 0 Å². The molecule has 1 rings (SSSR count). The maximum absolute atomic E-state index is 12.0. The Kier molecular flexibility index (Phi) is 7.10. The van der Waals surface area contributed by atoms with Crippen molar-refractivity contribution in [2.75, 3.05) is 26.7 Å². The number of morpholine rings is 1. The van der Waals surface area contributed by atoms with Crippen molar-refractivity contribution in [3.05, 3.63) is 0 Å². The first-order valence-electron chi connectivity index (χ1n) is 8.00. The molecule has 0 bridgehead atoms. The zero-order valence-corrected chi connectivity index (χ0v) is 14.4.